The number of rotatable bonds is 9. The van der Waals surface area contributed by atoms with Crippen molar-refractivity contribution in [3.63, 3.8) is 0 Å². The summed E-state index contributed by atoms with van der Waals surface area (Å²) in [6, 6.07) is 5.77. The number of nitrogens with one attached hydrogen (secondary N) is 1. The summed E-state index contributed by atoms with van der Waals surface area (Å²) < 4.78 is 12.0. The summed E-state index contributed by atoms with van der Waals surface area (Å²) >= 11 is 6.33. The number of esters is 1. The highest BCUT2D eigenvalue weighted by Crippen LogP contribution is 2.37. The minimum atomic E-state index is -0.129. The van der Waals surface area contributed by atoms with E-state index >= 15 is 0 Å². The molecule has 4 rings (SSSR count). The molecule has 188 valence electrons. The second-order valence-electron chi connectivity index (χ2n) is 9.27. The Labute approximate surface area is 211 Å². The lowest BCUT2D eigenvalue weighted by molar-refractivity contribution is -0.142. The average Bonchev–Trinajstić information content (AvgIpc) is 3.18. The molecule has 35 heavy (non-hydrogen) atoms. The molecular weight excluding hydrogens is 466 g/mol. The molecule has 0 saturated heterocycles. The average molecular weight is 500 g/mol. The number of ether oxygens (including phenoxy) is 2. The lowest BCUT2D eigenvalue weighted by atomic mass is 9.80. The van der Waals surface area contributed by atoms with Crippen LogP contribution >= 0.6 is 11.6 Å². The van der Waals surface area contributed by atoms with Crippen LogP contribution in [0.4, 0.5) is 5.82 Å². The Morgan fingerprint density at radius 1 is 1.20 bits per heavy atom. The number of carbonyl (C=O) groups excluding carboxylic acids is 1. The van der Waals surface area contributed by atoms with Crippen molar-refractivity contribution in [3.8, 4) is 5.75 Å². The smallest absolute Gasteiger partial charge is 0.305 e. The van der Waals surface area contributed by atoms with E-state index in [1.54, 1.807) is 7.11 Å². The van der Waals surface area contributed by atoms with Crippen LogP contribution in [0.1, 0.15) is 68.4 Å². The van der Waals surface area contributed by atoms with Crippen LogP contribution in [-0.4, -0.2) is 39.9 Å². The van der Waals surface area contributed by atoms with E-state index in [1.165, 1.54) is 7.11 Å². The van der Waals surface area contributed by atoms with Crippen molar-refractivity contribution in [2.24, 2.45) is 13.0 Å². The fourth-order valence-corrected chi connectivity index (χ4v) is 5.20. The van der Waals surface area contributed by atoms with Gasteiger partial charge in [0.1, 0.15) is 22.6 Å². The van der Waals surface area contributed by atoms with Gasteiger partial charge in [-0.15, -0.1) is 0 Å². The van der Waals surface area contributed by atoms with Gasteiger partial charge in [-0.3, -0.25) is 9.48 Å². The molecular formula is C26H34ClN5O3. The van der Waals surface area contributed by atoms with Crippen LogP contribution in [0.25, 0.3) is 11.0 Å². The van der Waals surface area contributed by atoms with Gasteiger partial charge in [0.2, 0.25) is 0 Å². The Hall–Kier alpha value is -2.87. The van der Waals surface area contributed by atoms with Gasteiger partial charge in [-0.2, -0.15) is 5.10 Å². The number of nitrogens with zero attached hydrogens (tertiary/aromatic N) is 4. The number of aryl methyl sites for hydroxylation is 2. The van der Waals surface area contributed by atoms with E-state index in [2.05, 4.69) is 12.2 Å². The van der Waals surface area contributed by atoms with Crippen molar-refractivity contribution in [2.45, 2.75) is 64.3 Å². The van der Waals surface area contributed by atoms with Crippen molar-refractivity contribution >= 4 is 34.4 Å². The van der Waals surface area contributed by atoms with Crippen LogP contribution in [-0.2, 0) is 29.5 Å². The maximum absolute atomic E-state index is 11.7. The molecule has 1 fully saturated rings. The van der Waals surface area contributed by atoms with Gasteiger partial charge in [-0.25, -0.2) is 9.97 Å². The normalized spacial score (nSPS) is 18.0. The van der Waals surface area contributed by atoms with Gasteiger partial charge < -0.3 is 14.8 Å². The molecule has 0 spiro atoms. The third kappa shape index (κ3) is 5.69. The molecule has 2 heterocycles. The number of aromatic nitrogens is 4. The Kier molecular flexibility index (Phi) is 8.11. The van der Waals surface area contributed by atoms with E-state index in [0.717, 1.165) is 72.5 Å². The minimum Gasteiger partial charge on any atom is -0.495 e. The molecule has 8 nitrogen and oxygen atoms in total. The van der Waals surface area contributed by atoms with Crippen LogP contribution < -0.4 is 10.1 Å². The van der Waals surface area contributed by atoms with Gasteiger partial charge in [-0.1, -0.05) is 31.0 Å². The monoisotopic (exact) mass is 499 g/mol. The van der Waals surface area contributed by atoms with Gasteiger partial charge in [0.25, 0.3) is 0 Å². The molecule has 3 aromatic rings. The summed E-state index contributed by atoms with van der Waals surface area (Å²) in [6.07, 6.45) is 6.23. The van der Waals surface area contributed by atoms with Crippen LogP contribution in [0, 0.1) is 5.92 Å². The van der Waals surface area contributed by atoms with Gasteiger partial charge in [0, 0.05) is 25.9 Å². The van der Waals surface area contributed by atoms with Crippen molar-refractivity contribution in [1.29, 1.82) is 0 Å². The predicted molar refractivity (Wildman–Crippen MR) is 137 cm³/mol. The zero-order valence-corrected chi connectivity index (χ0v) is 21.7. The summed E-state index contributed by atoms with van der Waals surface area (Å²) in [5, 5.41) is 8.85. The highest BCUT2D eigenvalue weighted by atomic mass is 35.5. The van der Waals surface area contributed by atoms with Crippen LogP contribution in [0.3, 0.4) is 0 Å². The molecule has 9 heteroatoms. The molecule has 0 radical (unpaired) electrons. The van der Waals surface area contributed by atoms with E-state index in [9.17, 15) is 4.79 Å². The first-order valence-electron chi connectivity index (χ1n) is 12.3. The molecule has 2 aromatic heterocycles. The van der Waals surface area contributed by atoms with E-state index in [-0.39, 0.29) is 11.9 Å². The second kappa shape index (κ2) is 11.2. The second-order valence-corrected chi connectivity index (χ2v) is 9.68. The Bertz CT molecular complexity index is 1190. The Morgan fingerprint density at radius 3 is 2.63 bits per heavy atom. The number of methoxy groups -OCH3 is 2. The molecule has 0 amide bonds. The number of hydrogen-bond acceptors (Lipinski definition) is 7. The van der Waals surface area contributed by atoms with Crippen molar-refractivity contribution in [2.75, 3.05) is 19.5 Å². The van der Waals surface area contributed by atoms with Gasteiger partial charge in [-0.05, 0) is 55.7 Å². The predicted octanol–water partition coefficient (Wildman–Crippen LogP) is 5.43. The first-order valence-corrected chi connectivity index (χ1v) is 12.7. The van der Waals surface area contributed by atoms with Crippen LogP contribution in [0.5, 0.6) is 5.75 Å². The van der Waals surface area contributed by atoms with Gasteiger partial charge in [0.15, 0.2) is 5.82 Å². The lowest BCUT2D eigenvalue weighted by Gasteiger charge is -2.27. The number of hydrogen-bond donors (Lipinski definition) is 1. The summed E-state index contributed by atoms with van der Waals surface area (Å²) in [5.41, 5.74) is 3.87. The molecule has 0 unspecified atom stereocenters. The number of benzene rings is 1. The van der Waals surface area contributed by atoms with E-state index in [0.29, 0.717) is 29.7 Å². The fourth-order valence-electron chi connectivity index (χ4n) is 4.92. The summed E-state index contributed by atoms with van der Waals surface area (Å²) in [7, 11) is 5.00. The molecule has 1 aliphatic rings. The lowest BCUT2D eigenvalue weighted by Crippen LogP contribution is -2.19. The maximum atomic E-state index is 11.7. The number of anilines is 1. The first kappa shape index (κ1) is 25.2. The third-order valence-electron chi connectivity index (χ3n) is 6.83. The molecule has 1 saturated carbocycles. The summed E-state index contributed by atoms with van der Waals surface area (Å²) in [4.78, 5) is 21.7. The first-order chi connectivity index (χ1) is 16.9. The summed E-state index contributed by atoms with van der Waals surface area (Å²) in [5.74, 6) is 2.80. The SMILES string of the molecule is CCCc1nn(C)c2c(NCc3ccc(OC)c(Cl)c3)nc(C3CCC(CC(=O)OC)CC3)nc12. The number of carbonyl (C=O) groups is 1. The van der Waals surface area contributed by atoms with Gasteiger partial charge in [0.05, 0.1) is 24.9 Å². The zero-order chi connectivity index (χ0) is 24.9. The summed E-state index contributed by atoms with van der Waals surface area (Å²) in [6.45, 7) is 2.72. The van der Waals surface area contributed by atoms with Crippen molar-refractivity contribution in [3.05, 3.63) is 40.3 Å². The largest absolute Gasteiger partial charge is 0.495 e. The van der Waals surface area contributed by atoms with Gasteiger partial charge >= 0.3 is 5.97 Å². The topological polar surface area (TPSA) is 91.2 Å². The molecule has 1 aromatic carbocycles. The maximum Gasteiger partial charge on any atom is 0.305 e. The zero-order valence-electron chi connectivity index (χ0n) is 20.9. The molecule has 1 aliphatic carbocycles. The standard InChI is InChI=1S/C26H34ClN5O3/c1-5-6-20-23-24(32(2)31-20)26(28-15-17-9-12-21(34-3)19(27)13-17)30-25(29-23)18-10-7-16(8-11-18)14-22(33)35-4/h9,12-13,16,18H,5-8,10-11,14-15H2,1-4H3,(H,28,29,30). The Morgan fingerprint density at radius 2 is 1.97 bits per heavy atom. The third-order valence-corrected chi connectivity index (χ3v) is 7.12. The number of halogens is 1. The van der Waals surface area contributed by atoms with E-state index in [1.807, 2.05) is 29.9 Å². The molecule has 0 aliphatic heterocycles. The van der Waals surface area contributed by atoms with Crippen LogP contribution in [0.2, 0.25) is 5.02 Å². The Balaban J connectivity index is 1.61. The van der Waals surface area contributed by atoms with E-state index < -0.39 is 0 Å². The molecule has 0 bridgehead atoms. The van der Waals surface area contributed by atoms with E-state index in [4.69, 9.17) is 36.1 Å². The fraction of sp³-hybridized carbons (Fsp3) is 0.538. The quantitative estimate of drug-likeness (QED) is 0.392. The van der Waals surface area contributed by atoms with Crippen LogP contribution in [0.15, 0.2) is 18.2 Å². The highest BCUT2D eigenvalue weighted by molar-refractivity contribution is 6.32. The minimum absolute atomic E-state index is 0.129. The molecule has 0 atom stereocenters. The number of fused-ring (bicyclic) bond motifs is 1. The highest BCUT2D eigenvalue weighted by Gasteiger charge is 2.28. The molecule has 1 N–H and O–H groups in total. The van der Waals surface area contributed by atoms with Crippen molar-refractivity contribution < 1.29 is 14.3 Å². The van der Waals surface area contributed by atoms with Crippen molar-refractivity contribution in [1.82, 2.24) is 19.7 Å².